The fourth-order valence-electron chi connectivity index (χ4n) is 3.03. The van der Waals surface area contributed by atoms with Crippen LogP contribution in [0.5, 0.6) is 0 Å². The normalized spacial score (nSPS) is 22.7. The van der Waals surface area contributed by atoms with Gasteiger partial charge in [-0.15, -0.1) is 11.3 Å². The van der Waals surface area contributed by atoms with Gasteiger partial charge in [0.05, 0.1) is 17.6 Å². The van der Waals surface area contributed by atoms with E-state index in [1.807, 2.05) is 6.26 Å². The molecule has 2 aliphatic rings. The van der Waals surface area contributed by atoms with Crippen molar-refractivity contribution < 1.29 is 9.53 Å². The molecule has 6 nitrogen and oxygen atoms in total. The number of fused-ring (bicyclic) bond motifs is 3. The fourth-order valence-corrected chi connectivity index (χ4v) is 4.56. The smallest absolute Gasteiger partial charge is 0.241 e. The maximum Gasteiger partial charge on any atom is 0.241 e. The standard InChI is InChI=1S/C17H22N4O2S2/c1-4-17(2)7-10-11(8-23-17)25-15-12(10)13(18-16(19-15)24-3)20-21-14(22)9-5-6-9/h9H,4-8H2,1-3H3,(H,21,22)(H,18,19,20)/t17-/m1/s1. The summed E-state index contributed by atoms with van der Waals surface area (Å²) in [6.07, 6.45) is 5.70. The summed E-state index contributed by atoms with van der Waals surface area (Å²) in [5.74, 6) is 0.891. The Morgan fingerprint density at radius 3 is 2.92 bits per heavy atom. The Labute approximate surface area is 155 Å². The van der Waals surface area contributed by atoms with E-state index in [0.29, 0.717) is 17.6 Å². The second kappa shape index (κ2) is 6.41. The number of carbonyl (C=O) groups excluding carboxylic acids is 1. The zero-order valence-corrected chi connectivity index (χ0v) is 16.3. The third-order valence-corrected chi connectivity index (χ3v) is 6.65. The van der Waals surface area contributed by atoms with Gasteiger partial charge in [0.1, 0.15) is 4.83 Å². The van der Waals surface area contributed by atoms with Crippen molar-refractivity contribution in [3.63, 3.8) is 0 Å². The lowest BCUT2D eigenvalue weighted by molar-refractivity contribution is -0.121. The lowest BCUT2D eigenvalue weighted by Gasteiger charge is -2.33. The summed E-state index contributed by atoms with van der Waals surface area (Å²) in [5, 5.41) is 1.73. The van der Waals surface area contributed by atoms with Crippen LogP contribution in [0.2, 0.25) is 0 Å². The number of rotatable bonds is 5. The van der Waals surface area contributed by atoms with Crippen molar-refractivity contribution in [2.75, 3.05) is 11.7 Å². The molecule has 1 aliphatic heterocycles. The summed E-state index contributed by atoms with van der Waals surface area (Å²) in [6, 6.07) is 0. The highest BCUT2D eigenvalue weighted by Gasteiger charge is 2.34. The number of nitrogens with zero attached hydrogens (tertiary/aromatic N) is 2. The van der Waals surface area contributed by atoms with Crippen LogP contribution in [-0.4, -0.2) is 27.7 Å². The molecule has 0 aromatic carbocycles. The van der Waals surface area contributed by atoms with E-state index in [1.165, 1.54) is 22.2 Å². The van der Waals surface area contributed by atoms with E-state index in [0.717, 1.165) is 35.9 Å². The second-order valence-electron chi connectivity index (χ2n) is 6.90. The Morgan fingerprint density at radius 1 is 1.44 bits per heavy atom. The van der Waals surface area contributed by atoms with Crippen molar-refractivity contribution in [3.05, 3.63) is 10.4 Å². The van der Waals surface area contributed by atoms with E-state index in [-0.39, 0.29) is 17.4 Å². The van der Waals surface area contributed by atoms with Crippen molar-refractivity contribution >= 4 is 45.0 Å². The molecule has 25 heavy (non-hydrogen) atoms. The molecule has 3 heterocycles. The molecule has 8 heteroatoms. The summed E-state index contributed by atoms with van der Waals surface area (Å²) in [5.41, 5.74) is 6.98. The first-order chi connectivity index (χ1) is 12.0. The first kappa shape index (κ1) is 17.1. The van der Waals surface area contributed by atoms with Crippen LogP contribution < -0.4 is 10.9 Å². The topological polar surface area (TPSA) is 76.1 Å². The van der Waals surface area contributed by atoms with E-state index in [2.05, 4.69) is 34.7 Å². The van der Waals surface area contributed by atoms with Gasteiger partial charge in [-0.3, -0.25) is 15.6 Å². The average Bonchev–Trinajstić information content (AvgIpc) is 3.41. The molecular weight excluding hydrogens is 356 g/mol. The first-order valence-corrected chi connectivity index (χ1v) is 10.6. The maximum absolute atomic E-state index is 12.0. The SMILES string of the molecule is CC[C@]1(C)Cc2c(sc3nc(SC)nc(NNC(=O)C4CC4)c23)CO1. The van der Waals surface area contributed by atoms with Crippen molar-refractivity contribution in [2.24, 2.45) is 5.92 Å². The fraction of sp³-hybridized carbons (Fsp3) is 0.588. The number of anilines is 1. The molecule has 0 unspecified atom stereocenters. The van der Waals surface area contributed by atoms with Crippen LogP contribution in [0.15, 0.2) is 5.16 Å². The molecule has 1 saturated carbocycles. The minimum atomic E-state index is -0.159. The van der Waals surface area contributed by atoms with Crippen molar-refractivity contribution in [1.82, 2.24) is 15.4 Å². The number of thioether (sulfide) groups is 1. The van der Waals surface area contributed by atoms with Crippen LogP contribution in [0.4, 0.5) is 5.82 Å². The molecule has 1 aliphatic carbocycles. The van der Waals surface area contributed by atoms with Gasteiger partial charge >= 0.3 is 0 Å². The summed E-state index contributed by atoms with van der Waals surface area (Å²) in [7, 11) is 0. The molecule has 134 valence electrons. The van der Waals surface area contributed by atoms with Crippen LogP contribution in [0, 0.1) is 5.92 Å². The van der Waals surface area contributed by atoms with Crippen LogP contribution in [0.25, 0.3) is 10.2 Å². The Kier molecular flexibility index (Phi) is 4.37. The minimum absolute atomic E-state index is 0.0447. The second-order valence-corrected chi connectivity index (χ2v) is 8.76. The number of hydrogen-bond donors (Lipinski definition) is 2. The van der Waals surface area contributed by atoms with Crippen LogP contribution >= 0.6 is 23.1 Å². The monoisotopic (exact) mass is 378 g/mol. The zero-order chi connectivity index (χ0) is 17.6. The van der Waals surface area contributed by atoms with E-state index in [4.69, 9.17) is 4.74 Å². The maximum atomic E-state index is 12.0. The average molecular weight is 379 g/mol. The molecule has 1 atom stereocenters. The van der Waals surface area contributed by atoms with Gasteiger partial charge in [0.15, 0.2) is 11.0 Å². The van der Waals surface area contributed by atoms with Gasteiger partial charge in [0.25, 0.3) is 0 Å². The van der Waals surface area contributed by atoms with E-state index in [1.54, 1.807) is 11.3 Å². The van der Waals surface area contributed by atoms with E-state index >= 15 is 0 Å². The molecule has 0 radical (unpaired) electrons. The highest BCUT2D eigenvalue weighted by atomic mass is 32.2. The van der Waals surface area contributed by atoms with Gasteiger partial charge in [-0.2, -0.15) is 0 Å². The number of amides is 1. The summed E-state index contributed by atoms with van der Waals surface area (Å²) in [4.78, 5) is 23.5. The van der Waals surface area contributed by atoms with Crippen molar-refractivity contribution in [1.29, 1.82) is 0 Å². The van der Waals surface area contributed by atoms with E-state index < -0.39 is 0 Å². The Morgan fingerprint density at radius 2 is 2.24 bits per heavy atom. The number of thiophene rings is 1. The lowest BCUT2D eigenvalue weighted by Crippen LogP contribution is -2.34. The number of hydrazine groups is 1. The largest absolute Gasteiger partial charge is 0.369 e. The molecule has 1 fully saturated rings. The van der Waals surface area contributed by atoms with Gasteiger partial charge in [-0.25, -0.2) is 9.97 Å². The zero-order valence-electron chi connectivity index (χ0n) is 14.6. The molecule has 4 rings (SSSR count). The highest BCUT2D eigenvalue weighted by molar-refractivity contribution is 7.98. The molecule has 0 spiro atoms. The third-order valence-electron chi connectivity index (χ3n) is 5.00. The lowest BCUT2D eigenvalue weighted by atomic mass is 9.90. The van der Waals surface area contributed by atoms with Gasteiger partial charge in [0, 0.05) is 17.2 Å². The van der Waals surface area contributed by atoms with Crippen LogP contribution in [0.1, 0.15) is 43.6 Å². The first-order valence-electron chi connectivity index (χ1n) is 8.59. The Hall–Kier alpha value is -1.38. The number of nitrogens with one attached hydrogen (secondary N) is 2. The molecule has 0 saturated heterocycles. The van der Waals surface area contributed by atoms with Crippen LogP contribution in [-0.2, 0) is 22.6 Å². The molecule has 2 aromatic rings. The van der Waals surface area contributed by atoms with Crippen molar-refractivity contribution in [2.45, 2.75) is 56.9 Å². The Bertz CT molecular complexity index is 834. The summed E-state index contributed by atoms with van der Waals surface area (Å²) < 4.78 is 6.07. The quantitative estimate of drug-likeness (QED) is 0.471. The molecule has 1 amide bonds. The minimum Gasteiger partial charge on any atom is -0.369 e. The number of ether oxygens (including phenoxy) is 1. The van der Waals surface area contributed by atoms with Gasteiger partial charge in [-0.05, 0) is 38.0 Å². The predicted octanol–water partition coefficient (Wildman–Crippen LogP) is 3.51. The highest BCUT2D eigenvalue weighted by Crippen LogP contribution is 2.42. The summed E-state index contributed by atoms with van der Waals surface area (Å²) in [6.45, 7) is 4.92. The number of hydrogen-bond acceptors (Lipinski definition) is 7. The van der Waals surface area contributed by atoms with E-state index in [9.17, 15) is 4.79 Å². The van der Waals surface area contributed by atoms with Gasteiger partial charge in [-0.1, -0.05) is 18.7 Å². The van der Waals surface area contributed by atoms with Gasteiger partial charge < -0.3 is 4.74 Å². The predicted molar refractivity (Wildman–Crippen MR) is 101 cm³/mol. The number of carbonyl (C=O) groups is 1. The molecule has 0 bridgehead atoms. The van der Waals surface area contributed by atoms with Gasteiger partial charge in [0.2, 0.25) is 5.91 Å². The Balaban J connectivity index is 1.74. The van der Waals surface area contributed by atoms with Crippen LogP contribution in [0.3, 0.4) is 0 Å². The molecular formula is C17H22N4O2S2. The van der Waals surface area contributed by atoms with Crippen molar-refractivity contribution in [3.8, 4) is 0 Å². The molecule has 2 aromatic heterocycles. The number of aromatic nitrogens is 2. The third kappa shape index (κ3) is 3.22. The molecule has 2 N–H and O–H groups in total. The summed E-state index contributed by atoms with van der Waals surface area (Å²) >= 11 is 3.17.